The van der Waals surface area contributed by atoms with Crippen LogP contribution in [0.25, 0.3) is 0 Å². The van der Waals surface area contributed by atoms with Crippen molar-refractivity contribution in [3.05, 3.63) is 24.3 Å². The molecule has 0 amide bonds. The Balaban J connectivity index is 3.83. The molecule has 0 aliphatic carbocycles. The molecule has 0 radical (unpaired) electrons. The maximum atomic E-state index is 3.67. The topological polar surface area (TPSA) is 3.01 Å². The number of likely N-dealkylation sites (N-methyl/N-ethyl adjacent to an activating group) is 1. The first-order valence-corrected chi connectivity index (χ1v) is 3.49. The van der Waals surface area contributed by atoms with Gasteiger partial charge in [-0.15, -0.1) is 0 Å². The van der Waals surface area contributed by atoms with E-state index in [1.165, 1.54) is 5.57 Å². The molecule has 1 nitrogen and oxygen atoms in total. The van der Waals surface area contributed by atoms with Gasteiger partial charge < -0.3 is 0 Å². The molecule has 0 saturated carbocycles. The minimum absolute atomic E-state index is 0.967. The van der Waals surface area contributed by atoms with Crippen LogP contribution in [0.2, 0.25) is 0 Å². The second-order valence-corrected chi connectivity index (χ2v) is 2.35. The summed E-state index contributed by atoms with van der Waals surface area (Å²) in [6.45, 7) is 8.71. The van der Waals surface area contributed by atoms with Crippen molar-refractivity contribution < 1.29 is 4.58 Å². The van der Waals surface area contributed by atoms with Gasteiger partial charge in [0.15, 0.2) is 6.54 Å². The normalized spacial score (nSPS) is 13.5. The summed E-state index contributed by atoms with van der Waals surface area (Å²) >= 11 is 0. The van der Waals surface area contributed by atoms with E-state index in [2.05, 4.69) is 24.2 Å². The Bertz CT molecular complexity index is 164. The third-order valence-electron chi connectivity index (χ3n) is 1.46. The Morgan fingerprint density at radius 1 is 1.60 bits per heavy atom. The fourth-order valence-electron chi connectivity index (χ4n) is 0.477. The summed E-state index contributed by atoms with van der Waals surface area (Å²) in [5.74, 6) is 0. The molecule has 0 fully saturated rings. The highest BCUT2D eigenvalue weighted by molar-refractivity contribution is 5.46. The van der Waals surface area contributed by atoms with E-state index in [4.69, 9.17) is 0 Å². The zero-order valence-electron chi connectivity index (χ0n) is 7.09. The number of allylic oxidation sites excluding steroid dienone is 2. The van der Waals surface area contributed by atoms with Crippen LogP contribution in [0, 0.1) is 0 Å². The summed E-state index contributed by atoms with van der Waals surface area (Å²) in [6.07, 6.45) is 6.06. The first-order valence-electron chi connectivity index (χ1n) is 3.49. The van der Waals surface area contributed by atoms with Crippen LogP contribution in [-0.4, -0.2) is 24.4 Å². The van der Waals surface area contributed by atoms with Crippen molar-refractivity contribution in [3.63, 3.8) is 0 Å². The Hall–Kier alpha value is -0.850. The standard InChI is InChI=1S/C9H16N/c1-5-9(3)7-8-10(4)6-2/h5-7H,1,8H2,2-4H3/q+1. The highest BCUT2D eigenvalue weighted by Crippen LogP contribution is 1.90. The van der Waals surface area contributed by atoms with Crippen molar-refractivity contribution in [1.82, 2.24) is 0 Å². The van der Waals surface area contributed by atoms with Gasteiger partial charge in [-0.2, -0.15) is 0 Å². The van der Waals surface area contributed by atoms with Crippen LogP contribution in [0.5, 0.6) is 0 Å². The summed E-state index contributed by atoms with van der Waals surface area (Å²) < 4.78 is 2.12. The minimum Gasteiger partial charge on any atom is -0.239 e. The smallest absolute Gasteiger partial charge is 0.161 e. The van der Waals surface area contributed by atoms with Gasteiger partial charge in [0.1, 0.15) is 13.3 Å². The van der Waals surface area contributed by atoms with E-state index in [9.17, 15) is 0 Å². The van der Waals surface area contributed by atoms with Crippen molar-refractivity contribution in [2.45, 2.75) is 13.8 Å². The molecule has 0 heterocycles. The highest BCUT2D eigenvalue weighted by atomic mass is 14.9. The molecule has 10 heavy (non-hydrogen) atoms. The van der Waals surface area contributed by atoms with Crippen LogP contribution < -0.4 is 0 Å². The summed E-state index contributed by atoms with van der Waals surface area (Å²) in [6, 6.07) is 0. The number of nitrogens with zero attached hydrogens (tertiary/aromatic N) is 1. The van der Waals surface area contributed by atoms with Crippen molar-refractivity contribution >= 4 is 6.21 Å². The SMILES string of the molecule is C=CC(C)=CC[N+](C)=CC. The molecule has 0 bridgehead atoms. The zero-order valence-corrected chi connectivity index (χ0v) is 7.09. The van der Waals surface area contributed by atoms with Crippen LogP contribution in [0.3, 0.4) is 0 Å². The molecule has 56 valence electrons. The van der Waals surface area contributed by atoms with Crippen LogP contribution in [-0.2, 0) is 0 Å². The molecule has 0 aromatic carbocycles. The van der Waals surface area contributed by atoms with E-state index < -0.39 is 0 Å². The molecule has 0 aliphatic heterocycles. The van der Waals surface area contributed by atoms with Crippen LogP contribution >= 0.6 is 0 Å². The average molecular weight is 138 g/mol. The van der Waals surface area contributed by atoms with Gasteiger partial charge in [-0.25, -0.2) is 4.58 Å². The summed E-state index contributed by atoms with van der Waals surface area (Å²) in [5, 5.41) is 0. The van der Waals surface area contributed by atoms with Gasteiger partial charge in [0.2, 0.25) is 0 Å². The predicted octanol–water partition coefficient (Wildman–Crippen LogP) is 1.85. The van der Waals surface area contributed by atoms with Gasteiger partial charge in [0.25, 0.3) is 0 Å². The van der Waals surface area contributed by atoms with Crippen molar-refractivity contribution in [3.8, 4) is 0 Å². The van der Waals surface area contributed by atoms with E-state index in [0.29, 0.717) is 0 Å². The lowest BCUT2D eigenvalue weighted by molar-refractivity contribution is -0.481. The summed E-state index contributed by atoms with van der Waals surface area (Å²) in [7, 11) is 2.05. The lowest BCUT2D eigenvalue weighted by Gasteiger charge is -1.90. The molecule has 0 unspecified atom stereocenters. The molecule has 0 aromatic rings. The highest BCUT2D eigenvalue weighted by Gasteiger charge is 1.87. The monoisotopic (exact) mass is 138 g/mol. The van der Waals surface area contributed by atoms with Crippen LogP contribution in [0.15, 0.2) is 24.3 Å². The lowest BCUT2D eigenvalue weighted by Crippen LogP contribution is -2.04. The maximum absolute atomic E-state index is 3.67. The number of hydrogen-bond donors (Lipinski definition) is 0. The van der Waals surface area contributed by atoms with E-state index >= 15 is 0 Å². The average Bonchev–Trinajstić information content (AvgIpc) is 1.99. The molecule has 0 aliphatic rings. The Labute approximate surface area is 63.4 Å². The second-order valence-electron chi connectivity index (χ2n) is 2.35. The number of rotatable bonds is 3. The van der Waals surface area contributed by atoms with E-state index in [0.717, 1.165) is 6.54 Å². The second kappa shape index (κ2) is 4.98. The quantitative estimate of drug-likeness (QED) is 0.318. The lowest BCUT2D eigenvalue weighted by atomic mass is 10.3. The van der Waals surface area contributed by atoms with Crippen molar-refractivity contribution in [1.29, 1.82) is 0 Å². The molecule has 0 aromatic heterocycles. The molecular formula is C9H16N+. The van der Waals surface area contributed by atoms with Crippen LogP contribution in [0.4, 0.5) is 0 Å². The first kappa shape index (κ1) is 9.15. The molecule has 0 N–H and O–H groups in total. The molecule has 0 saturated heterocycles. The van der Waals surface area contributed by atoms with Gasteiger partial charge in [-0.3, -0.25) is 0 Å². The Morgan fingerprint density at radius 2 is 2.20 bits per heavy atom. The Morgan fingerprint density at radius 3 is 2.60 bits per heavy atom. The molecule has 1 heteroatoms. The molecule has 0 rings (SSSR count). The fraction of sp³-hybridized carbons (Fsp3) is 0.444. The van der Waals surface area contributed by atoms with Gasteiger partial charge >= 0.3 is 0 Å². The van der Waals surface area contributed by atoms with Gasteiger partial charge in [-0.05, 0) is 18.6 Å². The summed E-state index contributed by atoms with van der Waals surface area (Å²) in [5.41, 5.74) is 1.23. The van der Waals surface area contributed by atoms with E-state index in [1.54, 1.807) is 0 Å². The molecular weight excluding hydrogens is 122 g/mol. The number of hydrogen-bond acceptors (Lipinski definition) is 0. The maximum Gasteiger partial charge on any atom is 0.161 e. The first-order chi connectivity index (χ1) is 4.70. The van der Waals surface area contributed by atoms with Gasteiger partial charge in [0.05, 0.1) is 0 Å². The largest absolute Gasteiger partial charge is 0.239 e. The predicted molar refractivity (Wildman–Crippen MR) is 46.7 cm³/mol. The van der Waals surface area contributed by atoms with Crippen LogP contribution in [0.1, 0.15) is 13.8 Å². The van der Waals surface area contributed by atoms with Crippen molar-refractivity contribution in [2.24, 2.45) is 0 Å². The van der Waals surface area contributed by atoms with Crippen molar-refractivity contribution in [2.75, 3.05) is 13.6 Å². The Kier molecular flexibility index (Phi) is 4.55. The minimum atomic E-state index is 0.967. The third kappa shape index (κ3) is 4.07. The summed E-state index contributed by atoms with van der Waals surface area (Å²) in [4.78, 5) is 0. The molecule has 0 spiro atoms. The third-order valence-corrected chi connectivity index (χ3v) is 1.46. The molecule has 0 atom stereocenters. The fourth-order valence-corrected chi connectivity index (χ4v) is 0.477. The van der Waals surface area contributed by atoms with E-state index in [1.807, 2.05) is 26.3 Å². The van der Waals surface area contributed by atoms with Gasteiger partial charge in [-0.1, -0.05) is 12.7 Å². The zero-order chi connectivity index (χ0) is 7.98. The van der Waals surface area contributed by atoms with Gasteiger partial charge in [0, 0.05) is 6.92 Å². The van der Waals surface area contributed by atoms with E-state index in [-0.39, 0.29) is 0 Å².